The van der Waals surface area contributed by atoms with Crippen molar-refractivity contribution in [3.05, 3.63) is 29.3 Å². The number of rotatable bonds is 6. The Hall–Kier alpha value is -1.83. The Morgan fingerprint density at radius 2 is 2.21 bits per heavy atom. The van der Waals surface area contributed by atoms with Gasteiger partial charge in [-0.3, -0.25) is 9.82 Å². The lowest BCUT2D eigenvalue weighted by atomic mass is 10.2. The predicted octanol–water partition coefficient (Wildman–Crippen LogP) is 1.60. The van der Waals surface area contributed by atoms with E-state index in [1.54, 1.807) is 19.1 Å². The largest absolute Gasteiger partial charge is 0.361 e. The molecule has 19 heavy (non-hydrogen) atoms. The van der Waals surface area contributed by atoms with Crippen LogP contribution in [0.2, 0.25) is 0 Å². The zero-order valence-corrected chi connectivity index (χ0v) is 11.6. The molecule has 0 unspecified atom stereocenters. The molecule has 2 aromatic rings. The maximum atomic E-state index is 11.9. The Balaban J connectivity index is 2.03. The maximum absolute atomic E-state index is 11.9. The third-order valence-electron chi connectivity index (χ3n) is 2.42. The number of aromatic nitrogens is 3. The Kier molecular flexibility index (Phi) is 3.89. The summed E-state index contributed by atoms with van der Waals surface area (Å²) in [5.74, 6) is 0.638. The van der Waals surface area contributed by atoms with Crippen molar-refractivity contribution in [3.63, 3.8) is 0 Å². The zero-order chi connectivity index (χ0) is 13.9. The number of H-pyrrole nitrogens is 1. The molecule has 0 atom stereocenters. The first-order valence-corrected chi connectivity index (χ1v) is 7.60. The van der Waals surface area contributed by atoms with Gasteiger partial charge in [0.2, 0.25) is 10.0 Å². The van der Waals surface area contributed by atoms with Gasteiger partial charge >= 0.3 is 0 Å². The number of sulfonamides is 1. The molecule has 0 bridgehead atoms. The number of nitrogens with zero attached hydrogens (tertiary/aromatic N) is 2. The lowest BCUT2D eigenvalue weighted by Crippen LogP contribution is -2.15. The summed E-state index contributed by atoms with van der Waals surface area (Å²) >= 11 is 0. The quantitative estimate of drug-likeness (QED) is 0.839. The first-order valence-electron chi connectivity index (χ1n) is 5.95. The highest BCUT2D eigenvalue weighted by molar-refractivity contribution is 7.91. The average molecular weight is 284 g/mol. The SMILES string of the molecule is CCCc1cc(NS(=O)(=O)Cc2cc(C)on2)n[nH]1. The van der Waals surface area contributed by atoms with Crippen molar-refractivity contribution in [2.45, 2.75) is 32.4 Å². The van der Waals surface area contributed by atoms with Crippen LogP contribution in [0.1, 0.15) is 30.5 Å². The van der Waals surface area contributed by atoms with Crippen LogP contribution >= 0.6 is 0 Å². The zero-order valence-electron chi connectivity index (χ0n) is 10.8. The summed E-state index contributed by atoms with van der Waals surface area (Å²) in [6, 6.07) is 3.28. The second-order valence-corrected chi connectivity index (χ2v) is 6.04. The van der Waals surface area contributed by atoms with E-state index in [9.17, 15) is 8.42 Å². The van der Waals surface area contributed by atoms with Crippen LogP contribution in [0, 0.1) is 6.92 Å². The molecule has 2 aromatic heterocycles. The molecular formula is C11H16N4O3S. The third kappa shape index (κ3) is 3.82. The Bertz CT molecular complexity index is 644. The summed E-state index contributed by atoms with van der Waals surface area (Å²) in [5.41, 5.74) is 1.27. The van der Waals surface area contributed by atoms with Gasteiger partial charge < -0.3 is 4.52 Å². The molecule has 104 valence electrons. The minimum Gasteiger partial charge on any atom is -0.361 e. The first kappa shape index (κ1) is 13.6. The first-order chi connectivity index (χ1) is 8.98. The van der Waals surface area contributed by atoms with Gasteiger partial charge in [0.05, 0.1) is 0 Å². The summed E-state index contributed by atoms with van der Waals surface area (Å²) in [6.07, 6.45) is 1.80. The van der Waals surface area contributed by atoms with E-state index in [1.807, 2.05) is 6.92 Å². The number of hydrogen-bond acceptors (Lipinski definition) is 5. The standard InChI is InChI=1S/C11H16N4O3S/c1-3-4-9-6-11(13-12-9)15-19(16,17)7-10-5-8(2)18-14-10/h5-6H,3-4,7H2,1-2H3,(H2,12,13,15). The van der Waals surface area contributed by atoms with Crippen LogP contribution in [-0.2, 0) is 22.2 Å². The molecule has 0 aliphatic heterocycles. The van der Waals surface area contributed by atoms with Crippen molar-refractivity contribution in [3.8, 4) is 0 Å². The van der Waals surface area contributed by atoms with Gasteiger partial charge in [-0.1, -0.05) is 18.5 Å². The Labute approximate surface area is 111 Å². The number of hydrogen-bond donors (Lipinski definition) is 2. The van der Waals surface area contributed by atoms with Crippen LogP contribution in [0.5, 0.6) is 0 Å². The van der Waals surface area contributed by atoms with E-state index in [4.69, 9.17) is 4.52 Å². The lowest BCUT2D eigenvalue weighted by Gasteiger charge is -2.02. The highest BCUT2D eigenvalue weighted by atomic mass is 32.2. The summed E-state index contributed by atoms with van der Waals surface area (Å²) in [6.45, 7) is 3.75. The molecule has 7 nitrogen and oxygen atoms in total. The molecule has 0 spiro atoms. The smallest absolute Gasteiger partial charge is 0.239 e. The Morgan fingerprint density at radius 1 is 1.42 bits per heavy atom. The molecule has 0 saturated heterocycles. The second-order valence-electron chi connectivity index (χ2n) is 4.32. The fourth-order valence-corrected chi connectivity index (χ4v) is 2.71. The van der Waals surface area contributed by atoms with Gasteiger partial charge in [0, 0.05) is 17.8 Å². The summed E-state index contributed by atoms with van der Waals surface area (Å²) in [7, 11) is -3.53. The van der Waals surface area contributed by atoms with Crippen LogP contribution in [0.15, 0.2) is 16.7 Å². The molecule has 0 aliphatic rings. The van der Waals surface area contributed by atoms with Gasteiger partial charge in [-0.2, -0.15) is 5.10 Å². The molecular weight excluding hydrogens is 268 g/mol. The van der Waals surface area contributed by atoms with E-state index in [1.165, 1.54) is 0 Å². The van der Waals surface area contributed by atoms with Gasteiger partial charge in [0.15, 0.2) is 5.82 Å². The van der Waals surface area contributed by atoms with Crippen LogP contribution in [-0.4, -0.2) is 23.8 Å². The topological polar surface area (TPSA) is 101 Å². The number of anilines is 1. The van der Waals surface area contributed by atoms with Crippen molar-refractivity contribution in [1.82, 2.24) is 15.4 Å². The van der Waals surface area contributed by atoms with Crippen molar-refractivity contribution in [2.75, 3.05) is 4.72 Å². The van der Waals surface area contributed by atoms with Crippen LogP contribution in [0.4, 0.5) is 5.82 Å². The minimum absolute atomic E-state index is 0.236. The highest BCUT2D eigenvalue weighted by Gasteiger charge is 2.16. The Morgan fingerprint density at radius 3 is 2.84 bits per heavy atom. The van der Waals surface area contributed by atoms with Crippen LogP contribution in [0.3, 0.4) is 0 Å². The maximum Gasteiger partial charge on any atom is 0.239 e. The molecule has 2 rings (SSSR count). The van der Waals surface area contributed by atoms with E-state index in [0.717, 1.165) is 18.5 Å². The summed E-state index contributed by atoms with van der Waals surface area (Å²) in [5, 5.41) is 10.3. The molecule has 0 aromatic carbocycles. The average Bonchev–Trinajstić information content (AvgIpc) is 2.88. The summed E-state index contributed by atoms with van der Waals surface area (Å²) in [4.78, 5) is 0. The monoisotopic (exact) mass is 284 g/mol. The van der Waals surface area contributed by atoms with E-state index < -0.39 is 10.0 Å². The molecule has 0 saturated carbocycles. The van der Waals surface area contributed by atoms with Gasteiger partial charge in [-0.25, -0.2) is 8.42 Å². The predicted molar refractivity (Wildman–Crippen MR) is 70.1 cm³/mol. The highest BCUT2D eigenvalue weighted by Crippen LogP contribution is 2.12. The molecule has 8 heteroatoms. The minimum atomic E-state index is -3.53. The fourth-order valence-electron chi connectivity index (χ4n) is 1.69. The van der Waals surface area contributed by atoms with Gasteiger partial charge in [0.25, 0.3) is 0 Å². The molecule has 0 fully saturated rings. The van der Waals surface area contributed by atoms with Crippen molar-refractivity contribution in [2.24, 2.45) is 0 Å². The van der Waals surface area contributed by atoms with Gasteiger partial charge in [0.1, 0.15) is 17.2 Å². The van der Waals surface area contributed by atoms with E-state index in [0.29, 0.717) is 17.3 Å². The number of aromatic amines is 1. The third-order valence-corrected chi connectivity index (χ3v) is 3.62. The van der Waals surface area contributed by atoms with Crippen molar-refractivity contribution >= 4 is 15.8 Å². The number of nitrogens with one attached hydrogen (secondary N) is 2. The summed E-state index contributed by atoms with van der Waals surface area (Å²) < 4.78 is 31.0. The molecule has 0 amide bonds. The lowest BCUT2D eigenvalue weighted by molar-refractivity contribution is 0.392. The molecule has 0 radical (unpaired) electrons. The normalized spacial score (nSPS) is 11.7. The van der Waals surface area contributed by atoms with Gasteiger partial charge in [-0.05, 0) is 13.3 Å². The van der Waals surface area contributed by atoms with E-state index >= 15 is 0 Å². The fraction of sp³-hybridized carbons (Fsp3) is 0.455. The van der Waals surface area contributed by atoms with Crippen molar-refractivity contribution in [1.29, 1.82) is 0 Å². The van der Waals surface area contributed by atoms with Crippen molar-refractivity contribution < 1.29 is 12.9 Å². The van der Waals surface area contributed by atoms with E-state index in [-0.39, 0.29) is 5.75 Å². The van der Waals surface area contributed by atoms with Crippen LogP contribution in [0.25, 0.3) is 0 Å². The molecule has 2 N–H and O–H groups in total. The molecule has 2 heterocycles. The number of aryl methyl sites for hydroxylation is 2. The van der Waals surface area contributed by atoms with E-state index in [2.05, 4.69) is 20.1 Å². The molecule has 0 aliphatic carbocycles. The second kappa shape index (κ2) is 5.43. The van der Waals surface area contributed by atoms with Gasteiger partial charge in [-0.15, -0.1) is 0 Å². The van der Waals surface area contributed by atoms with Crippen LogP contribution < -0.4 is 4.72 Å².